The molecule has 0 bridgehead atoms. The van der Waals surface area contributed by atoms with Crippen molar-refractivity contribution in [1.29, 1.82) is 0 Å². The molecule has 21 heavy (non-hydrogen) atoms. The molecule has 110 valence electrons. The van der Waals surface area contributed by atoms with Gasteiger partial charge in [0.05, 0.1) is 12.3 Å². The molecule has 0 fully saturated rings. The van der Waals surface area contributed by atoms with Gasteiger partial charge in [-0.2, -0.15) is 9.61 Å². The van der Waals surface area contributed by atoms with Crippen LogP contribution in [0.3, 0.4) is 0 Å². The number of benzene rings is 1. The summed E-state index contributed by atoms with van der Waals surface area (Å²) in [5.41, 5.74) is 0.671. The molecule has 0 radical (unpaired) electrons. The lowest BCUT2D eigenvalue weighted by atomic mass is 10.2. The lowest BCUT2D eigenvalue weighted by Crippen LogP contribution is -2.24. The maximum atomic E-state index is 12.0. The highest BCUT2D eigenvalue weighted by Gasteiger charge is 2.13. The Morgan fingerprint density at radius 2 is 2.05 bits per heavy atom. The van der Waals surface area contributed by atoms with Crippen LogP contribution in [0.15, 0.2) is 30.6 Å². The lowest BCUT2D eigenvalue weighted by molar-refractivity contribution is 0.580. The monoisotopic (exact) mass is 343 g/mol. The number of halogens is 1. The molecule has 0 aliphatic rings. The fraction of sp³-hybridized carbons (Fsp3) is 0.182. The molecule has 1 aromatic carbocycles. The third-order valence-electron chi connectivity index (χ3n) is 2.64. The highest BCUT2D eigenvalue weighted by molar-refractivity contribution is 7.88. The Morgan fingerprint density at radius 1 is 1.29 bits per heavy atom. The van der Waals surface area contributed by atoms with Gasteiger partial charge in [-0.05, 0) is 17.7 Å². The van der Waals surface area contributed by atoms with Crippen LogP contribution in [0.2, 0.25) is 5.02 Å². The van der Waals surface area contributed by atoms with Crippen molar-refractivity contribution in [2.45, 2.75) is 12.3 Å². The van der Waals surface area contributed by atoms with E-state index in [1.54, 1.807) is 24.3 Å². The Bertz CT molecular complexity index is 828. The van der Waals surface area contributed by atoms with Gasteiger partial charge in [0.1, 0.15) is 11.3 Å². The largest absolute Gasteiger partial charge is 0.234 e. The Hall–Kier alpha value is -1.55. The van der Waals surface area contributed by atoms with E-state index in [1.165, 1.54) is 22.2 Å². The summed E-state index contributed by atoms with van der Waals surface area (Å²) in [4.78, 5) is 0.627. The van der Waals surface area contributed by atoms with E-state index in [9.17, 15) is 8.42 Å². The van der Waals surface area contributed by atoms with Gasteiger partial charge < -0.3 is 0 Å². The second-order valence-corrected chi connectivity index (χ2v) is 7.54. The van der Waals surface area contributed by atoms with E-state index < -0.39 is 10.0 Å². The number of nitrogens with one attached hydrogen (secondary N) is 1. The van der Waals surface area contributed by atoms with Gasteiger partial charge >= 0.3 is 0 Å². The number of fused-ring (bicyclic) bond motifs is 1. The topological polar surface area (TPSA) is 89.2 Å². The number of sulfonamides is 1. The van der Waals surface area contributed by atoms with Crippen LogP contribution in [0.25, 0.3) is 4.96 Å². The number of aromatic nitrogens is 4. The van der Waals surface area contributed by atoms with Gasteiger partial charge in [0.15, 0.2) is 0 Å². The molecule has 0 spiro atoms. The van der Waals surface area contributed by atoms with Crippen molar-refractivity contribution in [3.63, 3.8) is 0 Å². The molecule has 1 N–H and O–H groups in total. The van der Waals surface area contributed by atoms with Crippen molar-refractivity contribution in [2.75, 3.05) is 0 Å². The van der Waals surface area contributed by atoms with Crippen LogP contribution in [-0.4, -0.2) is 28.2 Å². The van der Waals surface area contributed by atoms with Crippen molar-refractivity contribution in [3.8, 4) is 0 Å². The predicted molar refractivity (Wildman–Crippen MR) is 79.6 cm³/mol. The molecule has 2 aromatic heterocycles. The molecule has 0 aliphatic heterocycles. The van der Waals surface area contributed by atoms with Crippen LogP contribution in [0.5, 0.6) is 0 Å². The normalized spacial score (nSPS) is 12.0. The van der Waals surface area contributed by atoms with E-state index in [2.05, 4.69) is 20.0 Å². The number of hydrogen-bond donors (Lipinski definition) is 1. The molecule has 3 rings (SSSR count). The van der Waals surface area contributed by atoms with Crippen LogP contribution in [0, 0.1) is 0 Å². The summed E-state index contributed by atoms with van der Waals surface area (Å²) >= 11 is 7.05. The van der Waals surface area contributed by atoms with Crippen molar-refractivity contribution < 1.29 is 8.42 Å². The van der Waals surface area contributed by atoms with E-state index in [0.29, 0.717) is 20.6 Å². The standard InChI is InChI=1S/C11H10ClN5O2S2/c12-9-3-1-8(2-4-9)6-21(18,19)14-5-10-16-17-7-13-15-11(17)20-10/h1-4,7,14H,5-6H2. The van der Waals surface area contributed by atoms with Gasteiger partial charge in [-0.1, -0.05) is 35.1 Å². The maximum Gasteiger partial charge on any atom is 0.234 e. The van der Waals surface area contributed by atoms with E-state index in [-0.39, 0.29) is 12.3 Å². The van der Waals surface area contributed by atoms with Gasteiger partial charge in [0.25, 0.3) is 0 Å². The minimum atomic E-state index is -3.44. The number of nitrogens with zero attached hydrogens (tertiary/aromatic N) is 4. The molecule has 0 aliphatic carbocycles. The van der Waals surface area contributed by atoms with Gasteiger partial charge in [-0.3, -0.25) is 0 Å². The summed E-state index contributed by atoms with van der Waals surface area (Å²) in [5.74, 6) is -0.103. The van der Waals surface area contributed by atoms with Gasteiger partial charge in [-0.25, -0.2) is 13.1 Å². The third kappa shape index (κ3) is 3.56. The molecule has 0 unspecified atom stereocenters. The molecule has 10 heteroatoms. The first kappa shape index (κ1) is 14.4. The summed E-state index contributed by atoms with van der Waals surface area (Å²) < 4.78 is 28.0. The van der Waals surface area contributed by atoms with E-state index >= 15 is 0 Å². The molecule has 7 nitrogen and oxygen atoms in total. The highest BCUT2D eigenvalue weighted by Crippen LogP contribution is 2.13. The molecule has 3 aromatic rings. The molecule has 0 amide bonds. The first-order chi connectivity index (χ1) is 10.0. The average molecular weight is 344 g/mol. The fourth-order valence-electron chi connectivity index (χ4n) is 1.70. The van der Waals surface area contributed by atoms with Gasteiger partial charge in [0, 0.05) is 5.02 Å². The van der Waals surface area contributed by atoms with Crippen molar-refractivity contribution in [1.82, 2.24) is 24.5 Å². The van der Waals surface area contributed by atoms with Gasteiger partial charge in [0.2, 0.25) is 15.0 Å². The maximum absolute atomic E-state index is 12.0. The first-order valence-electron chi connectivity index (χ1n) is 5.89. The van der Waals surface area contributed by atoms with E-state index in [1.807, 2.05) is 0 Å². The molecule has 0 saturated carbocycles. The molecular formula is C11H10ClN5O2S2. The minimum absolute atomic E-state index is 0.103. The van der Waals surface area contributed by atoms with Crippen LogP contribution in [-0.2, 0) is 22.3 Å². The zero-order valence-corrected chi connectivity index (χ0v) is 13.0. The van der Waals surface area contributed by atoms with Crippen molar-refractivity contribution in [3.05, 3.63) is 46.2 Å². The Morgan fingerprint density at radius 3 is 2.76 bits per heavy atom. The summed E-state index contributed by atoms with van der Waals surface area (Å²) in [6.07, 6.45) is 1.47. The summed E-state index contributed by atoms with van der Waals surface area (Å²) in [5, 5.41) is 12.9. The number of hydrogen-bond acceptors (Lipinski definition) is 6. The quantitative estimate of drug-likeness (QED) is 0.757. The van der Waals surface area contributed by atoms with Crippen molar-refractivity contribution in [2.24, 2.45) is 0 Å². The second kappa shape index (κ2) is 5.68. The van der Waals surface area contributed by atoms with Crippen molar-refractivity contribution >= 4 is 37.9 Å². The second-order valence-electron chi connectivity index (χ2n) is 4.26. The molecule has 0 atom stereocenters. The van der Waals surface area contributed by atoms with Crippen LogP contribution < -0.4 is 4.72 Å². The Labute approximate surface area is 129 Å². The summed E-state index contributed by atoms with van der Waals surface area (Å²) in [6, 6.07) is 6.69. The molecule has 0 saturated heterocycles. The van der Waals surface area contributed by atoms with Crippen LogP contribution >= 0.6 is 22.9 Å². The minimum Gasteiger partial charge on any atom is -0.212 e. The first-order valence-corrected chi connectivity index (χ1v) is 8.74. The molecular weight excluding hydrogens is 334 g/mol. The fourth-order valence-corrected chi connectivity index (χ4v) is 3.76. The SMILES string of the molecule is O=S(=O)(Cc1ccc(Cl)cc1)NCc1nn2cnnc2s1. The summed E-state index contributed by atoms with van der Waals surface area (Å²) in [7, 11) is -3.44. The number of rotatable bonds is 5. The van der Waals surface area contributed by atoms with Crippen LogP contribution in [0.1, 0.15) is 10.6 Å². The van der Waals surface area contributed by atoms with Gasteiger partial charge in [-0.15, -0.1) is 10.2 Å². The third-order valence-corrected chi connectivity index (χ3v) is 5.10. The van der Waals surface area contributed by atoms with E-state index in [4.69, 9.17) is 11.6 Å². The zero-order chi connectivity index (χ0) is 14.9. The molecule has 2 heterocycles. The zero-order valence-electron chi connectivity index (χ0n) is 10.6. The predicted octanol–water partition coefficient (Wildman–Crippen LogP) is 1.46. The average Bonchev–Trinajstić information content (AvgIpc) is 3.00. The Balaban J connectivity index is 1.65. The highest BCUT2D eigenvalue weighted by atomic mass is 35.5. The summed E-state index contributed by atoms with van der Waals surface area (Å²) in [6.45, 7) is 0.129. The van der Waals surface area contributed by atoms with Crippen LogP contribution in [0.4, 0.5) is 0 Å². The lowest BCUT2D eigenvalue weighted by Gasteiger charge is -2.05. The Kier molecular flexibility index (Phi) is 3.89. The van der Waals surface area contributed by atoms with E-state index in [0.717, 1.165) is 0 Å². The smallest absolute Gasteiger partial charge is 0.212 e.